The van der Waals surface area contributed by atoms with Crippen LogP contribution in [0.25, 0.3) is 0 Å². The average molecular weight is 178 g/mol. The van der Waals surface area contributed by atoms with Crippen molar-refractivity contribution in [3.05, 3.63) is 17.5 Å². The van der Waals surface area contributed by atoms with Crippen molar-refractivity contribution in [2.45, 2.75) is 52.0 Å². The van der Waals surface area contributed by atoms with E-state index in [9.17, 15) is 0 Å². The van der Waals surface area contributed by atoms with Gasteiger partial charge >= 0.3 is 0 Å². The lowest BCUT2D eigenvalue weighted by atomic mass is 10.2. The van der Waals surface area contributed by atoms with Crippen LogP contribution in [0.2, 0.25) is 0 Å². The Labute approximate surface area is 80.0 Å². The summed E-state index contributed by atoms with van der Waals surface area (Å²) in [4.78, 5) is 0. The van der Waals surface area contributed by atoms with Gasteiger partial charge in [-0.25, -0.2) is 0 Å². The summed E-state index contributed by atoms with van der Waals surface area (Å²) in [6.07, 6.45) is 3.85. The zero-order chi connectivity index (χ0) is 9.42. The summed E-state index contributed by atoms with van der Waals surface area (Å²) in [6, 6.07) is 2.80. The van der Waals surface area contributed by atoms with Crippen LogP contribution in [0.15, 0.2) is 6.07 Å². The van der Waals surface area contributed by atoms with Crippen molar-refractivity contribution < 1.29 is 0 Å². The highest BCUT2D eigenvalue weighted by molar-refractivity contribution is 5.18. The minimum absolute atomic E-state index is 0.549. The molecule has 1 unspecified atom stereocenters. The molecule has 1 saturated carbocycles. The second-order valence-electron chi connectivity index (χ2n) is 4.19. The summed E-state index contributed by atoms with van der Waals surface area (Å²) in [5.74, 6) is 0.781. The van der Waals surface area contributed by atoms with Gasteiger partial charge < -0.3 is 0 Å². The van der Waals surface area contributed by atoms with E-state index in [1.54, 1.807) is 0 Å². The SMILES string of the molecule is CCC(C)n1nc(C2CC2)cc1C. The Morgan fingerprint density at radius 2 is 2.31 bits per heavy atom. The summed E-state index contributed by atoms with van der Waals surface area (Å²) >= 11 is 0. The fourth-order valence-corrected chi connectivity index (χ4v) is 1.71. The second kappa shape index (κ2) is 3.17. The van der Waals surface area contributed by atoms with Gasteiger partial charge in [0.1, 0.15) is 0 Å². The standard InChI is InChI=1S/C11H18N2/c1-4-8(2)13-9(3)7-11(12-13)10-5-6-10/h7-8,10H,4-6H2,1-3H3. The Hall–Kier alpha value is -0.790. The minimum atomic E-state index is 0.549. The van der Waals surface area contributed by atoms with E-state index in [-0.39, 0.29) is 0 Å². The molecule has 1 aliphatic carbocycles. The third-order valence-electron chi connectivity index (χ3n) is 2.95. The lowest BCUT2D eigenvalue weighted by molar-refractivity contribution is 0.464. The molecule has 72 valence electrons. The van der Waals surface area contributed by atoms with Crippen LogP contribution in [0.1, 0.15) is 56.5 Å². The molecule has 0 bridgehead atoms. The minimum Gasteiger partial charge on any atom is -0.267 e. The zero-order valence-corrected chi connectivity index (χ0v) is 8.75. The molecule has 0 aromatic carbocycles. The largest absolute Gasteiger partial charge is 0.267 e. The third kappa shape index (κ3) is 1.62. The molecule has 1 heterocycles. The van der Waals surface area contributed by atoms with Gasteiger partial charge in [0.25, 0.3) is 0 Å². The maximum Gasteiger partial charge on any atom is 0.0658 e. The van der Waals surface area contributed by atoms with E-state index in [1.165, 1.54) is 24.2 Å². The first kappa shape index (κ1) is 8.79. The first-order valence-electron chi connectivity index (χ1n) is 5.28. The maximum absolute atomic E-state index is 4.66. The van der Waals surface area contributed by atoms with E-state index < -0.39 is 0 Å². The Morgan fingerprint density at radius 3 is 2.85 bits per heavy atom. The Bertz CT molecular complexity index is 297. The van der Waals surface area contributed by atoms with Crippen molar-refractivity contribution in [3.8, 4) is 0 Å². The van der Waals surface area contributed by atoms with Crippen molar-refractivity contribution in [1.29, 1.82) is 0 Å². The summed E-state index contributed by atoms with van der Waals surface area (Å²) < 4.78 is 2.17. The van der Waals surface area contributed by atoms with Gasteiger partial charge in [0.05, 0.1) is 5.69 Å². The van der Waals surface area contributed by atoms with Gasteiger partial charge in [0.15, 0.2) is 0 Å². The molecule has 0 spiro atoms. The molecule has 1 aliphatic rings. The zero-order valence-electron chi connectivity index (χ0n) is 8.75. The molecule has 1 aromatic heterocycles. The van der Waals surface area contributed by atoms with Gasteiger partial charge in [-0.2, -0.15) is 5.10 Å². The van der Waals surface area contributed by atoms with Crippen LogP contribution in [0.3, 0.4) is 0 Å². The highest BCUT2D eigenvalue weighted by atomic mass is 15.3. The molecule has 1 atom stereocenters. The van der Waals surface area contributed by atoms with Crippen molar-refractivity contribution >= 4 is 0 Å². The van der Waals surface area contributed by atoms with Crippen LogP contribution in [0, 0.1) is 6.92 Å². The van der Waals surface area contributed by atoms with E-state index in [1.807, 2.05) is 0 Å². The highest BCUT2D eigenvalue weighted by Gasteiger charge is 2.27. The van der Waals surface area contributed by atoms with Gasteiger partial charge in [0, 0.05) is 17.7 Å². The molecule has 2 nitrogen and oxygen atoms in total. The van der Waals surface area contributed by atoms with Gasteiger partial charge in [0.2, 0.25) is 0 Å². The van der Waals surface area contributed by atoms with E-state index in [2.05, 4.69) is 36.6 Å². The predicted molar refractivity (Wildman–Crippen MR) is 53.9 cm³/mol. The molecule has 0 amide bonds. The molecule has 2 rings (SSSR count). The number of aromatic nitrogens is 2. The van der Waals surface area contributed by atoms with Crippen molar-refractivity contribution in [3.63, 3.8) is 0 Å². The fraction of sp³-hybridized carbons (Fsp3) is 0.727. The first-order chi connectivity index (χ1) is 6.22. The monoisotopic (exact) mass is 178 g/mol. The van der Waals surface area contributed by atoms with E-state index >= 15 is 0 Å². The molecule has 0 N–H and O–H groups in total. The molecule has 2 heteroatoms. The number of rotatable bonds is 3. The van der Waals surface area contributed by atoms with Crippen LogP contribution in [-0.2, 0) is 0 Å². The molecule has 0 aliphatic heterocycles. The highest BCUT2D eigenvalue weighted by Crippen LogP contribution is 2.39. The van der Waals surface area contributed by atoms with Gasteiger partial charge in [-0.3, -0.25) is 4.68 Å². The fourth-order valence-electron chi connectivity index (χ4n) is 1.71. The Morgan fingerprint density at radius 1 is 1.62 bits per heavy atom. The van der Waals surface area contributed by atoms with Gasteiger partial charge in [-0.15, -0.1) is 0 Å². The molecular weight excluding hydrogens is 160 g/mol. The number of aryl methyl sites for hydroxylation is 1. The van der Waals surface area contributed by atoms with Crippen LogP contribution in [0.5, 0.6) is 0 Å². The summed E-state index contributed by atoms with van der Waals surface area (Å²) in [5, 5.41) is 4.66. The van der Waals surface area contributed by atoms with E-state index in [0.717, 1.165) is 12.3 Å². The van der Waals surface area contributed by atoms with Crippen LogP contribution >= 0.6 is 0 Å². The Balaban J connectivity index is 2.24. The number of hydrogen-bond donors (Lipinski definition) is 0. The average Bonchev–Trinajstić information content (AvgIpc) is 2.89. The van der Waals surface area contributed by atoms with Crippen LogP contribution < -0.4 is 0 Å². The van der Waals surface area contributed by atoms with Crippen molar-refractivity contribution in [2.24, 2.45) is 0 Å². The lowest BCUT2D eigenvalue weighted by Gasteiger charge is -2.10. The quantitative estimate of drug-likeness (QED) is 0.695. The van der Waals surface area contributed by atoms with Crippen molar-refractivity contribution in [2.75, 3.05) is 0 Å². The van der Waals surface area contributed by atoms with E-state index in [4.69, 9.17) is 0 Å². The smallest absolute Gasteiger partial charge is 0.0658 e. The number of hydrogen-bond acceptors (Lipinski definition) is 1. The van der Waals surface area contributed by atoms with Crippen LogP contribution in [-0.4, -0.2) is 9.78 Å². The second-order valence-corrected chi connectivity index (χ2v) is 4.19. The summed E-state index contributed by atoms with van der Waals surface area (Å²) in [7, 11) is 0. The lowest BCUT2D eigenvalue weighted by Crippen LogP contribution is -2.07. The first-order valence-corrected chi connectivity index (χ1v) is 5.28. The van der Waals surface area contributed by atoms with Gasteiger partial charge in [-0.05, 0) is 39.2 Å². The summed E-state index contributed by atoms with van der Waals surface area (Å²) in [6.45, 7) is 6.60. The molecule has 0 saturated heterocycles. The van der Waals surface area contributed by atoms with Gasteiger partial charge in [-0.1, -0.05) is 6.92 Å². The third-order valence-corrected chi connectivity index (χ3v) is 2.95. The molecule has 1 fully saturated rings. The van der Waals surface area contributed by atoms with Crippen LogP contribution in [0.4, 0.5) is 0 Å². The predicted octanol–water partition coefficient (Wildman–Crippen LogP) is 3.04. The molecular formula is C11H18N2. The Kier molecular flexibility index (Phi) is 2.14. The van der Waals surface area contributed by atoms with E-state index in [0.29, 0.717) is 6.04 Å². The topological polar surface area (TPSA) is 17.8 Å². The normalized spacial score (nSPS) is 19.0. The molecule has 0 radical (unpaired) electrons. The maximum atomic E-state index is 4.66. The van der Waals surface area contributed by atoms with Crippen molar-refractivity contribution in [1.82, 2.24) is 9.78 Å². The number of nitrogens with zero attached hydrogens (tertiary/aromatic N) is 2. The molecule has 1 aromatic rings. The molecule has 13 heavy (non-hydrogen) atoms. The summed E-state index contributed by atoms with van der Waals surface area (Å²) in [5.41, 5.74) is 2.63.